The lowest BCUT2D eigenvalue weighted by Gasteiger charge is -2.19. The van der Waals surface area contributed by atoms with E-state index in [1.54, 1.807) is 0 Å². The van der Waals surface area contributed by atoms with E-state index in [0.717, 1.165) is 5.92 Å². The van der Waals surface area contributed by atoms with Gasteiger partial charge in [0.2, 0.25) is 0 Å². The molecule has 2 nitrogen and oxygen atoms in total. The van der Waals surface area contributed by atoms with Gasteiger partial charge in [0.15, 0.2) is 0 Å². The average Bonchev–Trinajstić information content (AvgIpc) is 2.65. The zero-order valence-electron chi connectivity index (χ0n) is 9.61. The molecule has 2 heteroatoms. The molecule has 1 aliphatic rings. The van der Waals surface area contributed by atoms with E-state index in [9.17, 15) is 0 Å². The molecule has 1 fully saturated rings. The molecule has 1 N–H and O–H groups in total. The van der Waals surface area contributed by atoms with E-state index in [0.29, 0.717) is 12.1 Å². The van der Waals surface area contributed by atoms with Gasteiger partial charge in [-0.05, 0) is 43.7 Å². The molecule has 0 amide bonds. The van der Waals surface area contributed by atoms with Crippen LogP contribution in [-0.2, 0) is 0 Å². The van der Waals surface area contributed by atoms with Crippen LogP contribution in [0.5, 0.6) is 0 Å². The second-order valence-electron chi connectivity index (χ2n) is 4.79. The number of nitrogens with zero attached hydrogens (tertiary/aromatic N) is 1. The first-order valence-corrected chi connectivity index (χ1v) is 5.91. The lowest BCUT2D eigenvalue weighted by atomic mass is 10.1. The van der Waals surface area contributed by atoms with Crippen molar-refractivity contribution < 1.29 is 0 Å². The van der Waals surface area contributed by atoms with Crippen molar-refractivity contribution in [3.8, 4) is 0 Å². The monoisotopic (exact) mass is 204 g/mol. The van der Waals surface area contributed by atoms with E-state index in [1.165, 1.54) is 24.8 Å². The zero-order chi connectivity index (χ0) is 10.7. The van der Waals surface area contributed by atoms with Gasteiger partial charge in [-0.1, -0.05) is 13.0 Å². The lowest BCUT2D eigenvalue weighted by Crippen LogP contribution is -2.29. The SMILES string of the molecule is C[C@@H]1CC[C@@H](N[C@H](C)c2cccnc2)C1. The van der Waals surface area contributed by atoms with Gasteiger partial charge in [0.1, 0.15) is 0 Å². The molecular formula is C13H20N2. The summed E-state index contributed by atoms with van der Waals surface area (Å²) in [5, 5.41) is 3.69. The van der Waals surface area contributed by atoms with Gasteiger partial charge in [0, 0.05) is 24.5 Å². The quantitative estimate of drug-likeness (QED) is 0.819. The number of rotatable bonds is 3. The molecule has 0 aliphatic heterocycles. The topological polar surface area (TPSA) is 24.9 Å². The molecule has 1 aliphatic carbocycles. The Hall–Kier alpha value is -0.890. The molecule has 3 atom stereocenters. The highest BCUT2D eigenvalue weighted by molar-refractivity contribution is 5.13. The molecule has 1 saturated carbocycles. The van der Waals surface area contributed by atoms with Gasteiger partial charge in [-0.2, -0.15) is 0 Å². The van der Waals surface area contributed by atoms with E-state index in [1.807, 2.05) is 18.5 Å². The Morgan fingerprint density at radius 1 is 1.47 bits per heavy atom. The smallest absolute Gasteiger partial charge is 0.0315 e. The van der Waals surface area contributed by atoms with Crippen molar-refractivity contribution in [3.05, 3.63) is 30.1 Å². The molecule has 0 aromatic carbocycles. The summed E-state index contributed by atoms with van der Waals surface area (Å²) in [4.78, 5) is 4.16. The second-order valence-corrected chi connectivity index (χ2v) is 4.79. The number of aromatic nitrogens is 1. The van der Waals surface area contributed by atoms with Crippen LogP contribution in [0, 0.1) is 5.92 Å². The maximum absolute atomic E-state index is 4.16. The minimum atomic E-state index is 0.425. The molecular weight excluding hydrogens is 184 g/mol. The van der Waals surface area contributed by atoms with Gasteiger partial charge in [-0.3, -0.25) is 4.98 Å². The van der Waals surface area contributed by atoms with Crippen LogP contribution in [0.2, 0.25) is 0 Å². The Bertz CT molecular complexity index is 297. The highest BCUT2D eigenvalue weighted by Crippen LogP contribution is 2.26. The van der Waals surface area contributed by atoms with Crippen LogP contribution in [-0.4, -0.2) is 11.0 Å². The maximum Gasteiger partial charge on any atom is 0.0315 e. The summed E-state index contributed by atoms with van der Waals surface area (Å²) < 4.78 is 0. The first-order valence-electron chi connectivity index (χ1n) is 5.91. The highest BCUT2D eigenvalue weighted by atomic mass is 15.0. The summed E-state index contributed by atoms with van der Waals surface area (Å²) >= 11 is 0. The summed E-state index contributed by atoms with van der Waals surface area (Å²) in [6.45, 7) is 4.57. The molecule has 0 saturated heterocycles. The molecule has 1 aromatic rings. The fourth-order valence-corrected chi connectivity index (χ4v) is 2.44. The largest absolute Gasteiger partial charge is 0.307 e. The molecule has 0 spiro atoms. The predicted octanol–water partition coefficient (Wildman–Crippen LogP) is 2.92. The van der Waals surface area contributed by atoms with Gasteiger partial charge in [0.05, 0.1) is 0 Å². The molecule has 1 aromatic heterocycles. The van der Waals surface area contributed by atoms with Gasteiger partial charge < -0.3 is 5.32 Å². The summed E-state index contributed by atoms with van der Waals surface area (Å²) in [5.41, 5.74) is 1.29. The van der Waals surface area contributed by atoms with E-state index < -0.39 is 0 Å². The van der Waals surface area contributed by atoms with Crippen LogP contribution >= 0.6 is 0 Å². The van der Waals surface area contributed by atoms with Crippen LogP contribution in [0.4, 0.5) is 0 Å². The molecule has 82 valence electrons. The van der Waals surface area contributed by atoms with Crippen molar-refractivity contribution in [1.29, 1.82) is 0 Å². The average molecular weight is 204 g/mol. The fourth-order valence-electron chi connectivity index (χ4n) is 2.44. The Morgan fingerprint density at radius 3 is 2.93 bits per heavy atom. The first-order chi connectivity index (χ1) is 7.25. The van der Waals surface area contributed by atoms with Crippen LogP contribution in [0.1, 0.15) is 44.7 Å². The van der Waals surface area contributed by atoms with Crippen LogP contribution in [0.3, 0.4) is 0 Å². The zero-order valence-corrected chi connectivity index (χ0v) is 9.61. The van der Waals surface area contributed by atoms with E-state index in [4.69, 9.17) is 0 Å². The molecule has 1 heterocycles. The number of nitrogens with one attached hydrogen (secondary N) is 1. The summed E-state index contributed by atoms with van der Waals surface area (Å²) in [6.07, 6.45) is 7.80. The van der Waals surface area contributed by atoms with Gasteiger partial charge in [0.25, 0.3) is 0 Å². The van der Waals surface area contributed by atoms with Crippen LogP contribution < -0.4 is 5.32 Å². The maximum atomic E-state index is 4.16. The van der Waals surface area contributed by atoms with Crippen molar-refractivity contribution in [1.82, 2.24) is 10.3 Å². The Kier molecular flexibility index (Phi) is 3.37. The van der Waals surface area contributed by atoms with Crippen LogP contribution in [0.25, 0.3) is 0 Å². The second kappa shape index (κ2) is 4.75. The van der Waals surface area contributed by atoms with Crippen molar-refractivity contribution in [2.45, 2.75) is 45.2 Å². The minimum Gasteiger partial charge on any atom is -0.307 e. The predicted molar refractivity (Wildman–Crippen MR) is 62.6 cm³/mol. The summed E-state index contributed by atoms with van der Waals surface area (Å²) in [6, 6.07) is 5.28. The van der Waals surface area contributed by atoms with E-state index in [-0.39, 0.29) is 0 Å². The Labute approximate surface area is 92.1 Å². The summed E-state index contributed by atoms with van der Waals surface area (Å²) in [7, 11) is 0. The van der Waals surface area contributed by atoms with E-state index >= 15 is 0 Å². The molecule has 0 bridgehead atoms. The van der Waals surface area contributed by atoms with Crippen molar-refractivity contribution in [2.75, 3.05) is 0 Å². The lowest BCUT2D eigenvalue weighted by molar-refractivity contribution is 0.448. The third-order valence-electron chi connectivity index (χ3n) is 3.36. The molecule has 15 heavy (non-hydrogen) atoms. The fraction of sp³-hybridized carbons (Fsp3) is 0.615. The molecule has 2 rings (SSSR count). The van der Waals surface area contributed by atoms with Gasteiger partial charge >= 0.3 is 0 Å². The third kappa shape index (κ3) is 2.78. The van der Waals surface area contributed by atoms with Gasteiger partial charge in [-0.15, -0.1) is 0 Å². The molecule has 0 radical (unpaired) electrons. The normalized spacial score (nSPS) is 27.9. The molecule has 0 unspecified atom stereocenters. The Balaban J connectivity index is 1.90. The number of hydrogen-bond donors (Lipinski definition) is 1. The number of hydrogen-bond acceptors (Lipinski definition) is 2. The third-order valence-corrected chi connectivity index (χ3v) is 3.36. The highest BCUT2D eigenvalue weighted by Gasteiger charge is 2.22. The van der Waals surface area contributed by atoms with Crippen molar-refractivity contribution in [2.24, 2.45) is 5.92 Å². The number of pyridine rings is 1. The summed E-state index contributed by atoms with van der Waals surface area (Å²) in [5.74, 6) is 0.892. The van der Waals surface area contributed by atoms with Gasteiger partial charge in [-0.25, -0.2) is 0 Å². The minimum absolute atomic E-state index is 0.425. The van der Waals surface area contributed by atoms with Crippen LogP contribution in [0.15, 0.2) is 24.5 Å². The first kappa shape index (κ1) is 10.6. The van der Waals surface area contributed by atoms with Crippen molar-refractivity contribution in [3.63, 3.8) is 0 Å². The van der Waals surface area contributed by atoms with Crippen molar-refractivity contribution >= 4 is 0 Å². The van der Waals surface area contributed by atoms with E-state index in [2.05, 4.69) is 30.2 Å². The standard InChI is InChI=1S/C13H20N2/c1-10-5-6-13(8-10)15-11(2)12-4-3-7-14-9-12/h3-4,7,9-11,13,15H,5-6,8H2,1-2H3/t10-,11-,13-/m1/s1. The Morgan fingerprint density at radius 2 is 2.33 bits per heavy atom.